The first-order valence-electron chi connectivity index (χ1n) is 11.2. The number of carbonyl (C=O) groups excluding carboxylic acids is 1. The normalized spacial score (nSPS) is 13.1. The number of aromatic nitrogens is 3. The molecule has 1 aliphatic rings. The van der Waals surface area contributed by atoms with E-state index in [1.165, 1.54) is 17.1 Å². The smallest absolute Gasteiger partial charge is 0.331 e. The standard InChI is InChI=1S/C18H14N4O2.C8H13NO/c19-17-16-15(10-11-20-17)21-18(23)22(16)12-6-8-14(9-7-12)24-13-4-2-1-3-5-13;1-2-8(10)9-6-4-3-5-7-9/h1-11H,(H2,19,20)(H,21,23);2H,1,3-7H2. The van der Waals surface area contributed by atoms with E-state index in [1.54, 1.807) is 36.5 Å². The lowest BCUT2D eigenvalue weighted by atomic mass is 10.1. The number of nitrogens with one attached hydrogen (secondary N) is 1. The molecule has 0 aliphatic carbocycles. The Morgan fingerprint density at radius 2 is 1.68 bits per heavy atom. The molecule has 0 atom stereocenters. The van der Waals surface area contributed by atoms with Crippen LogP contribution in [-0.4, -0.2) is 38.4 Å². The Kier molecular flexibility index (Phi) is 7.07. The van der Waals surface area contributed by atoms with Gasteiger partial charge in [-0.2, -0.15) is 0 Å². The highest BCUT2D eigenvalue weighted by Gasteiger charge is 2.13. The number of hydrogen-bond acceptors (Lipinski definition) is 5. The maximum absolute atomic E-state index is 12.3. The van der Waals surface area contributed by atoms with Crippen molar-refractivity contribution in [2.45, 2.75) is 19.3 Å². The second kappa shape index (κ2) is 10.5. The van der Waals surface area contributed by atoms with Crippen molar-refractivity contribution in [1.82, 2.24) is 19.4 Å². The molecule has 1 fully saturated rings. The summed E-state index contributed by atoms with van der Waals surface area (Å²) in [7, 11) is 0. The Morgan fingerprint density at radius 3 is 2.35 bits per heavy atom. The minimum absolute atomic E-state index is 0.0831. The van der Waals surface area contributed by atoms with Crippen LogP contribution in [0.25, 0.3) is 16.7 Å². The van der Waals surface area contributed by atoms with E-state index >= 15 is 0 Å². The second-order valence-electron chi connectivity index (χ2n) is 7.86. The van der Waals surface area contributed by atoms with Crippen LogP contribution in [0.3, 0.4) is 0 Å². The zero-order chi connectivity index (χ0) is 23.9. The molecule has 0 spiro atoms. The quantitative estimate of drug-likeness (QED) is 0.445. The number of H-pyrrole nitrogens is 1. The number of nitrogens with two attached hydrogens (primary N) is 1. The Hall–Kier alpha value is -4.33. The van der Waals surface area contributed by atoms with Crippen molar-refractivity contribution in [3.63, 3.8) is 0 Å². The molecule has 3 heterocycles. The molecule has 0 bridgehead atoms. The number of hydrogen-bond donors (Lipinski definition) is 2. The van der Waals surface area contributed by atoms with Crippen molar-refractivity contribution in [2.24, 2.45) is 0 Å². The van der Waals surface area contributed by atoms with E-state index in [4.69, 9.17) is 10.5 Å². The van der Waals surface area contributed by atoms with Gasteiger partial charge in [-0.1, -0.05) is 24.8 Å². The molecule has 4 aromatic rings. The molecular weight excluding hydrogens is 430 g/mol. The van der Waals surface area contributed by atoms with E-state index in [-0.39, 0.29) is 11.6 Å². The number of nitrogens with zero attached hydrogens (tertiary/aromatic N) is 3. The lowest BCUT2D eigenvalue weighted by molar-refractivity contribution is -0.126. The molecule has 1 aliphatic heterocycles. The Bertz CT molecular complexity index is 1320. The van der Waals surface area contributed by atoms with Gasteiger partial charge < -0.3 is 20.4 Å². The molecule has 174 valence electrons. The number of aromatic amines is 1. The number of imidazole rings is 1. The summed E-state index contributed by atoms with van der Waals surface area (Å²) >= 11 is 0. The fourth-order valence-electron chi connectivity index (χ4n) is 3.86. The Balaban J connectivity index is 0.000000231. The number of anilines is 1. The van der Waals surface area contributed by atoms with Gasteiger partial charge in [0.15, 0.2) is 0 Å². The summed E-state index contributed by atoms with van der Waals surface area (Å²) in [5.74, 6) is 1.82. The van der Waals surface area contributed by atoms with Gasteiger partial charge in [0.1, 0.15) is 22.8 Å². The first-order valence-corrected chi connectivity index (χ1v) is 11.2. The van der Waals surface area contributed by atoms with Gasteiger partial charge in [0.2, 0.25) is 5.91 Å². The summed E-state index contributed by atoms with van der Waals surface area (Å²) in [4.78, 5) is 31.9. The van der Waals surface area contributed by atoms with Crippen LogP contribution in [0, 0.1) is 0 Å². The maximum Gasteiger partial charge on any atom is 0.331 e. The molecule has 8 nitrogen and oxygen atoms in total. The largest absolute Gasteiger partial charge is 0.457 e. The van der Waals surface area contributed by atoms with E-state index in [2.05, 4.69) is 16.5 Å². The van der Waals surface area contributed by atoms with E-state index in [9.17, 15) is 9.59 Å². The van der Waals surface area contributed by atoms with Crippen LogP contribution in [0.15, 0.2) is 84.3 Å². The monoisotopic (exact) mass is 457 g/mol. The van der Waals surface area contributed by atoms with Gasteiger partial charge in [-0.3, -0.25) is 9.36 Å². The number of rotatable bonds is 4. The molecule has 8 heteroatoms. The topological polar surface area (TPSA) is 106 Å². The van der Waals surface area contributed by atoms with Gasteiger partial charge in [0.05, 0.1) is 11.2 Å². The highest BCUT2D eigenvalue weighted by molar-refractivity contribution is 5.87. The number of likely N-dealkylation sites (tertiary alicyclic amines) is 1. The Labute approximate surface area is 197 Å². The van der Waals surface area contributed by atoms with Crippen molar-refractivity contribution >= 4 is 22.8 Å². The lowest BCUT2D eigenvalue weighted by Crippen LogP contribution is -2.34. The fraction of sp³-hybridized carbons (Fsp3) is 0.192. The molecule has 2 aromatic carbocycles. The first kappa shape index (κ1) is 22.8. The molecule has 3 N–H and O–H groups in total. The minimum Gasteiger partial charge on any atom is -0.457 e. The lowest BCUT2D eigenvalue weighted by Gasteiger charge is -2.25. The van der Waals surface area contributed by atoms with Crippen LogP contribution in [0.2, 0.25) is 0 Å². The number of para-hydroxylation sites is 1. The molecule has 5 rings (SSSR count). The molecule has 1 saturated heterocycles. The number of amides is 1. The van der Waals surface area contributed by atoms with Gasteiger partial charge in [-0.05, 0) is 67.8 Å². The number of nitrogen functional groups attached to an aromatic ring is 1. The third-order valence-electron chi connectivity index (χ3n) is 5.54. The maximum atomic E-state index is 12.3. The second-order valence-corrected chi connectivity index (χ2v) is 7.86. The molecule has 0 unspecified atom stereocenters. The first-order chi connectivity index (χ1) is 16.6. The van der Waals surface area contributed by atoms with Crippen LogP contribution in [0.4, 0.5) is 5.82 Å². The van der Waals surface area contributed by atoms with Crippen molar-refractivity contribution in [2.75, 3.05) is 18.8 Å². The third-order valence-corrected chi connectivity index (χ3v) is 5.54. The number of benzene rings is 2. The summed E-state index contributed by atoms with van der Waals surface area (Å²) in [5, 5.41) is 0. The molecule has 34 heavy (non-hydrogen) atoms. The van der Waals surface area contributed by atoms with E-state index in [0.29, 0.717) is 28.3 Å². The average Bonchev–Trinajstić information content (AvgIpc) is 3.22. The van der Waals surface area contributed by atoms with Crippen molar-refractivity contribution in [3.05, 3.63) is 90.0 Å². The molecule has 2 aromatic heterocycles. The van der Waals surface area contributed by atoms with Gasteiger partial charge in [0.25, 0.3) is 0 Å². The summed E-state index contributed by atoms with van der Waals surface area (Å²) in [6, 6.07) is 18.4. The van der Waals surface area contributed by atoms with Gasteiger partial charge >= 0.3 is 5.69 Å². The molecule has 1 amide bonds. The predicted molar refractivity (Wildman–Crippen MR) is 133 cm³/mol. The molecule has 0 saturated carbocycles. The van der Waals surface area contributed by atoms with Crippen LogP contribution >= 0.6 is 0 Å². The van der Waals surface area contributed by atoms with Crippen molar-refractivity contribution in [1.29, 1.82) is 0 Å². The number of ether oxygens (including phenoxy) is 1. The van der Waals surface area contributed by atoms with Gasteiger partial charge in [-0.15, -0.1) is 0 Å². The number of pyridine rings is 1. The number of fused-ring (bicyclic) bond motifs is 1. The summed E-state index contributed by atoms with van der Waals surface area (Å²) in [5.41, 5.74) is 7.57. The predicted octanol–water partition coefficient (Wildman–Crippen LogP) is 4.27. The SMILES string of the molecule is C=CC(=O)N1CCCCC1.Nc1nccc2[nH]c(=O)n(-c3ccc(Oc4ccccc4)cc3)c12. The zero-order valence-electron chi connectivity index (χ0n) is 18.8. The van der Waals surface area contributed by atoms with Crippen LogP contribution in [0.5, 0.6) is 11.5 Å². The fourth-order valence-corrected chi connectivity index (χ4v) is 3.86. The van der Waals surface area contributed by atoms with Crippen molar-refractivity contribution in [3.8, 4) is 17.2 Å². The van der Waals surface area contributed by atoms with Gasteiger partial charge in [0, 0.05) is 19.3 Å². The third kappa shape index (κ3) is 5.17. The van der Waals surface area contributed by atoms with E-state index in [1.807, 2.05) is 35.2 Å². The number of piperidine rings is 1. The summed E-state index contributed by atoms with van der Waals surface area (Å²) in [6.07, 6.45) is 6.53. The Morgan fingerprint density at radius 1 is 1.00 bits per heavy atom. The number of carbonyl (C=O) groups is 1. The summed E-state index contributed by atoms with van der Waals surface area (Å²) in [6.45, 7) is 5.29. The highest BCUT2D eigenvalue weighted by Crippen LogP contribution is 2.24. The van der Waals surface area contributed by atoms with Crippen LogP contribution in [0.1, 0.15) is 19.3 Å². The van der Waals surface area contributed by atoms with Crippen LogP contribution in [-0.2, 0) is 4.79 Å². The van der Waals surface area contributed by atoms with Crippen LogP contribution < -0.4 is 16.2 Å². The average molecular weight is 458 g/mol. The molecular formula is C26H27N5O3. The van der Waals surface area contributed by atoms with Gasteiger partial charge in [-0.25, -0.2) is 9.78 Å². The minimum atomic E-state index is -0.263. The zero-order valence-corrected chi connectivity index (χ0v) is 18.8. The van der Waals surface area contributed by atoms with E-state index in [0.717, 1.165) is 31.7 Å². The molecule has 0 radical (unpaired) electrons. The highest BCUT2D eigenvalue weighted by atomic mass is 16.5. The van der Waals surface area contributed by atoms with Crippen molar-refractivity contribution < 1.29 is 9.53 Å². The van der Waals surface area contributed by atoms with E-state index < -0.39 is 0 Å². The summed E-state index contributed by atoms with van der Waals surface area (Å²) < 4.78 is 7.26.